The molecule has 2 unspecified atom stereocenters. The second-order valence-corrected chi connectivity index (χ2v) is 10.6. The van der Waals surface area contributed by atoms with E-state index < -0.39 is 38.1 Å². The van der Waals surface area contributed by atoms with Gasteiger partial charge in [-0.05, 0) is 0 Å². The molecule has 15 heavy (non-hydrogen) atoms. The van der Waals surface area contributed by atoms with Crippen molar-refractivity contribution in [3.05, 3.63) is 49.1 Å². The highest BCUT2D eigenvalue weighted by atomic mass is 28.4. The molecule has 0 aromatic heterocycles. The summed E-state index contributed by atoms with van der Waals surface area (Å²) in [6.07, 6.45) is 0. The Balaban J connectivity index is 3.98. The van der Waals surface area contributed by atoms with E-state index in [1.807, 2.05) is 11.4 Å². The quantitative estimate of drug-likeness (QED) is 0.497. The first-order chi connectivity index (χ1) is 7.28. The third-order valence-corrected chi connectivity index (χ3v) is 8.96. The molecule has 0 aliphatic heterocycles. The molecule has 0 heterocycles. The predicted octanol–water partition coefficient (Wildman–Crippen LogP) is -0.618. The van der Waals surface area contributed by atoms with Crippen LogP contribution in [0.3, 0.4) is 0 Å². The first-order valence-corrected chi connectivity index (χ1v) is 10.6. The Hall–Kier alpha value is -0.292. The van der Waals surface area contributed by atoms with Crippen LogP contribution in [0.4, 0.5) is 0 Å². The summed E-state index contributed by atoms with van der Waals surface area (Å²) >= 11 is 0. The zero-order valence-corrected chi connectivity index (χ0v) is 14.1. The van der Waals surface area contributed by atoms with E-state index in [0.717, 1.165) is 0 Å². The standard InChI is InChI=1S/C8H18O3Si4/c1-5-12-9-14(7-3)11-15(8-4)10-13-6-2/h5-8,14-15H,1-4,12-13H2. The minimum Gasteiger partial charge on any atom is -0.437 e. The van der Waals surface area contributed by atoms with E-state index in [9.17, 15) is 0 Å². The number of hydrogen-bond donors (Lipinski definition) is 0. The topological polar surface area (TPSA) is 27.7 Å². The molecule has 0 saturated heterocycles. The molecule has 0 bridgehead atoms. The van der Waals surface area contributed by atoms with Gasteiger partial charge < -0.3 is 12.3 Å². The van der Waals surface area contributed by atoms with Crippen molar-refractivity contribution in [3.8, 4) is 0 Å². The molecule has 3 nitrogen and oxygen atoms in total. The zero-order chi connectivity index (χ0) is 11.5. The van der Waals surface area contributed by atoms with E-state index in [4.69, 9.17) is 12.3 Å². The second kappa shape index (κ2) is 10.2. The van der Waals surface area contributed by atoms with Crippen molar-refractivity contribution in [3.63, 3.8) is 0 Å². The van der Waals surface area contributed by atoms with Gasteiger partial charge in [-0.1, -0.05) is 22.8 Å². The van der Waals surface area contributed by atoms with Gasteiger partial charge >= 0.3 is 18.6 Å². The largest absolute Gasteiger partial charge is 0.437 e. The Morgan fingerprint density at radius 2 is 1.20 bits per heavy atom. The van der Waals surface area contributed by atoms with Crippen molar-refractivity contribution in [2.75, 3.05) is 0 Å². The molecule has 0 aromatic carbocycles. The SMILES string of the molecule is C=C[SiH2]O[SiH](C=C)O[SiH](C=C)O[SiH2]C=C. The minimum absolute atomic E-state index is 0.654. The molecule has 0 saturated carbocycles. The highest BCUT2D eigenvalue weighted by Gasteiger charge is 2.15. The molecule has 7 heteroatoms. The van der Waals surface area contributed by atoms with Crippen LogP contribution < -0.4 is 0 Å². The Morgan fingerprint density at radius 3 is 1.47 bits per heavy atom. The van der Waals surface area contributed by atoms with Gasteiger partial charge in [-0.2, -0.15) is 0 Å². The first-order valence-electron chi connectivity index (χ1n) is 4.64. The lowest BCUT2D eigenvalue weighted by atomic mass is 11.3. The molecule has 0 aromatic rings. The normalized spacial score (nSPS) is 15.5. The van der Waals surface area contributed by atoms with Gasteiger partial charge in [0.2, 0.25) is 0 Å². The van der Waals surface area contributed by atoms with Crippen LogP contribution >= 0.6 is 0 Å². The molecule has 0 spiro atoms. The molecule has 0 aliphatic rings. The van der Waals surface area contributed by atoms with Crippen molar-refractivity contribution in [1.29, 1.82) is 0 Å². The van der Waals surface area contributed by atoms with Crippen LogP contribution in [0.2, 0.25) is 0 Å². The molecule has 0 fully saturated rings. The van der Waals surface area contributed by atoms with Crippen LogP contribution in [-0.2, 0) is 12.3 Å². The van der Waals surface area contributed by atoms with Crippen LogP contribution in [0.1, 0.15) is 0 Å². The van der Waals surface area contributed by atoms with Crippen LogP contribution in [0, 0.1) is 0 Å². The van der Waals surface area contributed by atoms with Gasteiger partial charge in [0.05, 0.1) is 0 Å². The average molecular weight is 275 g/mol. The van der Waals surface area contributed by atoms with Gasteiger partial charge in [-0.3, -0.25) is 0 Å². The van der Waals surface area contributed by atoms with Crippen molar-refractivity contribution in [2.24, 2.45) is 0 Å². The molecule has 0 rings (SSSR count). The molecule has 0 aliphatic carbocycles. The van der Waals surface area contributed by atoms with Gasteiger partial charge in [-0.15, -0.1) is 26.3 Å². The fraction of sp³-hybridized carbons (Fsp3) is 0. The summed E-state index contributed by atoms with van der Waals surface area (Å²) in [4.78, 5) is 0. The maximum Gasteiger partial charge on any atom is 0.328 e. The molecule has 0 radical (unpaired) electrons. The predicted molar refractivity (Wildman–Crippen MR) is 75.4 cm³/mol. The third-order valence-electron chi connectivity index (χ3n) is 1.41. The van der Waals surface area contributed by atoms with E-state index in [0.29, 0.717) is 0 Å². The van der Waals surface area contributed by atoms with Gasteiger partial charge in [0.1, 0.15) is 0 Å². The fourth-order valence-corrected chi connectivity index (χ4v) is 8.47. The van der Waals surface area contributed by atoms with Gasteiger partial charge in [0.25, 0.3) is 0 Å². The van der Waals surface area contributed by atoms with E-state index in [1.54, 1.807) is 11.4 Å². The lowest BCUT2D eigenvalue weighted by molar-refractivity contribution is 0.405. The lowest BCUT2D eigenvalue weighted by Crippen LogP contribution is -2.33. The third kappa shape index (κ3) is 7.62. The summed E-state index contributed by atoms with van der Waals surface area (Å²) in [7, 11) is -4.79. The Labute approximate surface area is 99.7 Å². The summed E-state index contributed by atoms with van der Waals surface area (Å²) in [5, 5.41) is 0. The monoisotopic (exact) mass is 274 g/mol. The maximum absolute atomic E-state index is 5.72. The molecule has 0 N–H and O–H groups in total. The molecule has 84 valence electrons. The van der Waals surface area contributed by atoms with E-state index in [1.165, 1.54) is 0 Å². The fourth-order valence-electron chi connectivity index (χ4n) is 0.784. The van der Waals surface area contributed by atoms with Crippen molar-refractivity contribution in [2.45, 2.75) is 0 Å². The summed E-state index contributed by atoms with van der Waals surface area (Å²) in [6.45, 7) is 14.7. The van der Waals surface area contributed by atoms with E-state index in [2.05, 4.69) is 26.3 Å². The van der Waals surface area contributed by atoms with Crippen LogP contribution in [-0.4, -0.2) is 38.1 Å². The van der Waals surface area contributed by atoms with Crippen LogP contribution in [0.5, 0.6) is 0 Å². The van der Waals surface area contributed by atoms with Crippen molar-refractivity contribution in [1.82, 2.24) is 0 Å². The van der Waals surface area contributed by atoms with Crippen LogP contribution in [0.15, 0.2) is 49.1 Å². The highest BCUT2D eigenvalue weighted by Crippen LogP contribution is 1.97. The average Bonchev–Trinajstić information content (AvgIpc) is 2.28. The zero-order valence-electron chi connectivity index (χ0n) is 8.93. The van der Waals surface area contributed by atoms with Crippen LogP contribution in [0.25, 0.3) is 0 Å². The summed E-state index contributed by atoms with van der Waals surface area (Å²) in [5.41, 5.74) is 7.19. The summed E-state index contributed by atoms with van der Waals surface area (Å²) in [5.74, 6) is 0. The van der Waals surface area contributed by atoms with Crippen molar-refractivity contribution >= 4 is 38.1 Å². The van der Waals surface area contributed by atoms with Gasteiger partial charge in [0, 0.05) is 0 Å². The smallest absolute Gasteiger partial charge is 0.328 e. The van der Waals surface area contributed by atoms with Gasteiger partial charge in [0.15, 0.2) is 19.5 Å². The molecular formula is C8H18O3Si4. The first kappa shape index (κ1) is 14.7. The Morgan fingerprint density at radius 1 is 0.800 bits per heavy atom. The molecule has 2 atom stereocenters. The highest BCUT2D eigenvalue weighted by molar-refractivity contribution is 6.70. The Bertz CT molecular complexity index is 200. The minimum atomic E-state index is -1.74. The lowest BCUT2D eigenvalue weighted by Gasteiger charge is -2.18. The summed E-state index contributed by atoms with van der Waals surface area (Å²) in [6, 6.07) is 0. The number of hydrogen-bond acceptors (Lipinski definition) is 3. The second-order valence-electron chi connectivity index (χ2n) is 2.59. The molecular weight excluding hydrogens is 256 g/mol. The number of rotatable bonds is 10. The van der Waals surface area contributed by atoms with Crippen molar-refractivity contribution < 1.29 is 12.3 Å². The Kier molecular flexibility index (Phi) is 10.0. The van der Waals surface area contributed by atoms with E-state index >= 15 is 0 Å². The van der Waals surface area contributed by atoms with E-state index in [-0.39, 0.29) is 0 Å². The maximum atomic E-state index is 5.72. The van der Waals surface area contributed by atoms with Gasteiger partial charge in [-0.25, -0.2) is 0 Å². The molecule has 0 amide bonds. The summed E-state index contributed by atoms with van der Waals surface area (Å²) < 4.78 is 16.9.